The van der Waals surface area contributed by atoms with Gasteiger partial charge in [-0.2, -0.15) is 4.37 Å². The molecular weight excluding hydrogens is 180 g/mol. The summed E-state index contributed by atoms with van der Waals surface area (Å²) in [4.78, 5) is 0. The lowest BCUT2D eigenvalue weighted by molar-refractivity contribution is 0.900. The van der Waals surface area contributed by atoms with Crippen molar-refractivity contribution < 1.29 is 0 Å². The fourth-order valence-electron chi connectivity index (χ4n) is 1.28. The molecule has 2 rings (SSSR count). The van der Waals surface area contributed by atoms with Gasteiger partial charge in [-0.3, -0.25) is 0 Å². The minimum atomic E-state index is 0.477. The summed E-state index contributed by atoms with van der Waals surface area (Å²) in [7, 11) is 0. The van der Waals surface area contributed by atoms with Crippen LogP contribution < -0.4 is 5.32 Å². The van der Waals surface area contributed by atoms with Crippen LogP contribution in [0.3, 0.4) is 0 Å². The average molecular weight is 192 g/mol. The predicted octanol–water partition coefficient (Wildman–Crippen LogP) is 3.12. The first-order chi connectivity index (χ1) is 6.25. The van der Waals surface area contributed by atoms with Crippen LogP contribution in [0.4, 0.5) is 5.69 Å². The van der Waals surface area contributed by atoms with E-state index in [1.165, 1.54) is 27.3 Å². The molecule has 0 spiro atoms. The first kappa shape index (κ1) is 8.51. The molecule has 1 heterocycles. The lowest BCUT2D eigenvalue weighted by atomic mass is 10.2. The van der Waals surface area contributed by atoms with Crippen LogP contribution in [0.5, 0.6) is 0 Å². The molecule has 0 saturated heterocycles. The zero-order valence-corrected chi connectivity index (χ0v) is 8.56. The van der Waals surface area contributed by atoms with E-state index >= 15 is 0 Å². The van der Waals surface area contributed by atoms with Gasteiger partial charge in [-0.05, 0) is 43.6 Å². The Morgan fingerprint density at radius 2 is 2.23 bits per heavy atom. The van der Waals surface area contributed by atoms with Crippen molar-refractivity contribution in [2.24, 2.45) is 0 Å². The predicted molar refractivity (Wildman–Crippen MR) is 58.4 cm³/mol. The van der Waals surface area contributed by atoms with Gasteiger partial charge in [0.1, 0.15) is 0 Å². The summed E-state index contributed by atoms with van der Waals surface area (Å²) in [5, 5.41) is 4.59. The highest BCUT2D eigenvalue weighted by Gasteiger charge is 1.98. The highest BCUT2D eigenvalue weighted by molar-refractivity contribution is 7.13. The van der Waals surface area contributed by atoms with Crippen LogP contribution >= 0.6 is 11.5 Å². The van der Waals surface area contributed by atoms with E-state index in [0.717, 1.165) is 0 Å². The third kappa shape index (κ3) is 1.80. The minimum Gasteiger partial charge on any atom is -0.383 e. The van der Waals surface area contributed by atoms with Crippen LogP contribution in [0.2, 0.25) is 0 Å². The van der Waals surface area contributed by atoms with E-state index in [1.807, 2.05) is 6.20 Å². The molecule has 1 N–H and O–H groups in total. The number of nitrogens with zero attached hydrogens (tertiary/aromatic N) is 1. The maximum atomic E-state index is 4.14. The number of benzene rings is 1. The first-order valence-electron chi connectivity index (χ1n) is 4.36. The van der Waals surface area contributed by atoms with Crippen molar-refractivity contribution in [2.75, 3.05) is 5.32 Å². The van der Waals surface area contributed by atoms with Crippen molar-refractivity contribution >= 4 is 27.3 Å². The third-order valence-electron chi connectivity index (χ3n) is 1.81. The normalized spacial score (nSPS) is 11.0. The quantitative estimate of drug-likeness (QED) is 0.790. The molecule has 3 heteroatoms. The van der Waals surface area contributed by atoms with Crippen molar-refractivity contribution in [3.05, 3.63) is 24.4 Å². The maximum absolute atomic E-state index is 4.14. The largest absolute Gasteiger partial charge is 0.383 e. The summed E-state index contributed by atoms with van der Waals surface area (Å²) in [6.07, 6.45) is 1.90. The van der Waals surface area contributed by atoms with Crippen LogP contribution in [0.15, 0.2) is 24.4 Å². The summed E-state index contributed by atoms with van der Waals surface area (Å²) >= 11 is 1.54. The summed E-state index contributed by atoms with van der Waals surface area (Å²) in [5.41, 5.74) is 1.17. The molecule has 0 radical (unpaired) electrons. The van der Waals surface area contributed by atoms with Crippen molar-refractivity contribution in [2.45, 2.75) is 19.9 Å². The Labute approximate surface area is 81.8 Å². The number of nitrogens with one attached hydrogen (secondary N) is 1. The smallest absolute Gasteiger partial charge is 0.0570 e. The van der Waals surface area contributed by atoms with Gasteiger partial charge in [0, 0.05) is 23.3 Å². The van der Waals surface area contributed by atoms with Gasteiger partial charge < -0.3 is 5.32 Å². The van der Waals surface area contributed by atoms with E-state index < -0.39 is 0 Å². The zero-order valence-electron chi connectivity index (χ0n) is 7.74. The lowest BCUT2D eigenvalue weighted by Crippen LogP contribution is -2.09. The Hall–Kier alpha value is -1.09. The van der Waals surface area contributed by atoms with Gasteiger partial charge in [0.05, 0.1) is 4.70 Å². The topological polar surface area (TPSA) is 24.9 Å². The standard InChI is InChI=1S/C10H12N2S/c1-7(2)12-9-4-3-8-6-11-13-10(8)5-9/h3-7,12H,1-2H3. The van der Waals surface area contributed by atoms with Gasteiger partial charge in [0.15, 0.2) is 0 Å². The van der Waals surface area contributed by atoms with Crippen molar-refractivity contribution in [3.8, 4) is 0 Å². The zero-order chi connectivity index (χ0) is 9.26. The Kier molecular flexibility index (Phi) is 2.19. The Morgan fingerprint density at radius 1 is 1.38 bits per heavy atom. The first-order valence-corrected chi connectivity index (χ1v) is 5.14. The number of fused-ring (bicyclic) bond motifs is 1. The molecule has 68 valence electrons. The van der Waals surface area contributed by atoms with Crippen LogP contribution in [0.1, 0.15) is 13.8 Å². The summed E-state index contributed by atoms with van der Waals surface area (Å²) in [6, 6.07) is 6.82. The Balaban J connectivity index is 2.37. The molecule has 0 fully saturated rings. The van der Waals surface area contributed by atoms with E-state index in [1.54, 1.807) is 0 Å². The summed E-state index contributed by atoms with van der Waals surface area (Å²) in [5.74, 6) is 0. The minimum absolute atomic E-state index is 0.477. The van der Waals surface area contributed by atoms with Crippen LogP contribution in [-0.4, -0.2) is 10.4 Å². The second-order valence-corrected chi connectivity index (χ2v) is 4.21. The fraction of sp³-hybridized carbons (Fsp3) is 0.300. The van der Waals surface area contributed by atoms with E-state index in [4.69, 9.17) is 0 Å². The lowest BCUT2D eigenvalue weighted by Gasteiger charge is -2.08. The number of rotatable bonds is 2. The molecule has 0 atom stereocenters. The number of hydrogen-bond donors (Lipinski definition) is 1. The van der Waals surface area contributed by atoms with Gasteiger partial charge in [-0.15, -0.1) is 0 Å². The SMILES string of the molecule is CC(C)Nc1ccc2cnsc2c1. The number of hydrogen-bond acceptors (Lipinski definition) is 3. The van der Waals surface area contributed by atoms with E-state index in [2.05, 4.69) is 41.7 Å². The van der Waals surface area contributed by atoms with Crippen LogP contribution in [0, 0.1) is 0 Å². The molecular formula is C10H12N2S. The Bertz CT molecular complexity index is 406. The van der Waals surface area contributed by atoms with E-state index in [9.17, 15) is 0 Å². The molecule has 1 aromatic heterocycles. The van der Waals surface area contributed by atoms with Gasteiger partial charge in [0.25, 0.3) is 0 Å². The van der Waals surface area contributed by atoms with Crippen LogP contribution in [0.25, 0.3) is 10.1 Å². The summed E-state index contributed by atoms with van der Waals surface area (Å²) in [6.45, 7) is 4.27. The fourth-order valence-corrected chi connectivity index (χ4v) is 1.97. The molecule has 2 nitrogen and oxygen atoms in total. The molecule has 13 heavy (non-hydrogen) atoms. The molecule has 2 aromatic rings. The monoisotopic (exact) mass is 192 g/mol. The molecule has 0 unspecified atom stereocenters. The van der Waals surface area contributed by atoms with Gasteiger partial charge in [0.2, 0.25) is 0 Å². The van der Waals surface area contributed by atoms with Crippen LogP contribution in [-0.2, 0) is 0 Å². The third-order valence-corrected chi connectivity index (χ3v) is 2.57. The second kappa shape index (κ2) is 3.34. The van der Waals surface area contributed by atoms with E-state index in [-0.39, 0.29) is 0 Å². The van der Waals surface area contributed by atoms with Crippen molar-refractivity contribution in [1.82, 2.24) is 4.37 Å². The molecule has 1 aromatic carbocycles. The average Bonchev–Trinajstić information content (AvgIpc) is 2.49. The van der Waals surface area contributed by atoms with Gasteiger partial charge >= 0.3 is 0 Å². The Morgan fingerprint density at radius 3 is 3.00 bits per heavy atom. The van der Waals surface area contributed by atoms with Crippen molar-refractivity contribution in [1.29, 1.82) is 0 Å². The molecule has 0 aliphatic carbocycles. The highest BCUT2D eigenvalue weighted by Crippen LogP contribution is 2.22. The number of aromatic nitrogens is 1. The molecule has 0 saturated carbocycles. The molecule has 0 aliphatic rings. The maximum Gasteiger partial charge on any atom is 0.0570 e. The summed E-state index contributed by atoms with van der Waals surface area (Å²) < 4.78 is 5.38. The molecule has 0 amide bonds. The van der Waals surface area contributed by atoms with Gasteiger partial charge in [-0.1, -0.05) is 0 Å². The molecule has 0 bridgehead atoms. The van der Waals surface area contributed by atoms with Gasteiger partial charge in [-0.25, -0.2) is 0 Å². The second-order valence-electron chi connectivity index (χ2n) is 3.38. The van der Waals surface area contributed by atoms with Crippen molar-refractivity contribution in [3.63, 3.8) is 0 Å². The molecule has 0 aliphatic heterocycles. The highest BCUT2D eigenvalue weighted by atomic mass is 32.1. The van der Waals surface area contributed by atoms with E-state index in [0.29, 0.717) is 6.04 Å². The number of anilines is 1.